The number of hydrogen-bond donors (Lipinski definition) is 1. The summed E-state index contributed by atoms with van der Waals surface area (Å²) in [4.78, 5) is 39.2. The summed E-state index contributed by atoms with van der Waals surface area (Å²) in [5.74, 6) is 0.00815. The minimum Gasteiger partial charge on any atom is -0.461 e. The highest BCUT2D eigenvalue weighted by Gasteiger charge is 2.53. The van der Waals surface area contributed by atoms with Crippen molar-refractivity contribution in [3.05, 3.63) is 35.9 Å². The molecule has 2 amide bonds. The lowest BCUT2D eigenvalue weighted by molar-refractivity contribution is -0.159. The molecule has 1 N–H and O–H groups in total. The Morgan fingerprint density at radius 2 is 1.62 bits per heavy atom. The number of ether oxygens (including phenoxy) is 1. The number of hydrogen-bond acceptors (Lipinski definition) is 4. The molecular weight excluding hydrogens is 404 g/mol. The summed E-state index contributed by atoms with van der Waals surface area (Å²) >= 11 is 0. The van der Waals surface area contributed by atoms with Crippen LogP contribution in [0.15, 0.2) is 30.3 Å². The smallest absolute Gasteiger partial charge is 0.309 e. The number of likely N-dealkylation sites (tertiary alicyclic amines) is 1. The van der Waals surface area contributed by atoms with Crippen molar-refractivity contribution in [2.24, 2.45) is 17.3 Å². The highest BCUT2D eigenvalue weighted by atomic mass is 16.5. The van der Waals surface area contributed by atoms with Crippen LogP contribution >= 0.6 is 0 Å². The molecule has 3 aliphatic carbocycles. The topological polar surface area (TPSA) is 75.7 Å². The van der Waals surface area contributed by atoms with Gasteiger partial charge < -0.3 is 15.0 Å². The zero-order valence-corrected chi connectivity index (χ0v) is 19.4. The summed E-state index contributed by atoms with van der Waals surface area (Å²) in [6.45, 7) is 5.28. The van der Waals surface area contributed by atoms with Gasteiger partial charge in [0.15, 0.2) is 0 Å². The number of nitrogens with zero attached hydrogens (tertiary/aromatic N) is 1. The van der Waals surface area contributed by atoms with Gasteiger partial charge in [0, 0.05) is 31.5 Å². The number of benzene rings is 1. The normalized spacial score (nSPS) is 28.8. The van der Waals surface area contributed by atoms with E-state index in [0.717, 1.165) is 56.9 Å². The van der Waals surface area contributed by atoms with Gasteiger partial charge in [0.05, 0.1) is 5.92 Å². The fourth-order valence-corrected chi connectivity index (χ4v) is 5.98. The molecule has 0 radical (unpaired) electrons. The highest BCUT2D eigenvalue weighted by molar-refractivity contribution is 5.80. The fraction of sp³-hybridized carbons (Fsp3) is 0.654. The van der Waals surface area contributed by atoms with Crippen molar-refractivity contribution in [1.29, 1.82) is 0 Å². The molecule has 5 rings (SSSR count). The number of amides is 2. The van der Waals surface area contributed by atoms with E-state index in [9.17, 15) is 14.4 Å². The monoisotopic (exact) mass is 440 g/mol. The van der Waals surface area contributed by atoms with Crippen LogP contribution in [-0.2, 0) is 25.7 Å². The minimum atomic E-state index is -0.129. The van der Waals surface area contributed by atoms with Gasteiger partial charge in [0.2, 0.25) is 11.8 Å². The molecule has 0 spiro atoms. The van der Waals surface area contributed by atoms with E-state index < -0.39 is 0 Å². The van der Waals surface area contributed by atoms with Crippen LogP contribution in [0.1, 0.15) is 70.8 Å². The van der Waals surface area contributed by atoms with Crippen LogP contribution in [0.25, 0.3) is 0 Å². The molecule has 32 heavy (non-hydrogen) atoms. The quantitative estimate of drug-likeness (QED) is 0.682. The molecule has 1 atom stereocenters. The fourth-order valence-electron chi connectivity index (χ4n) is 5.98. The average Bonchev–Trinajstić information content (AvgIpc) is 2.83. The third-order valence-electron chi connectivity index (χ3n) is 8.50. The number of carbonyl (C=O) groups is 3. The van der Waals surface area contributed by atoms with Gasteiger partial charge in [-0.25, -0.2) is 0 Å². The number of rotatable bonds is 6. The first kappa shape index (κ1) is 22.8. The van der Waals surface area contributed by atoms with Gasteiger partial charge in [-0.1, -0.05) is 37.3 Å². The van der Waals surface area contributed by atoms with Gasteiger partial charge >= 0.3 is 5.97 Å². The lowest BCUT2D eigenvalue weighted by atomic mass is 9.53. The van der Waals surface area contributed by atoms with E-state index in [1.165, 1.54) is 0 Å². The highest BCUT2D eigenvalue weighted by Crippen LogP contribution is 2.56. The molecule has 1 saturated heterocycles. The van der Waals surface area contributed by atoms with Crippen LogP contribution in [0, 0.1) is 17.3 Å². The maximum atomic E-state index is 13.0. The van der Waals surface area contributed by atoms with Crippen molar-refractivity contribution >= 4 is 17.8 Å². The van der Waals surface area contributed by atoms with Gasteiger partial charge in [-0.3, -0.25) is 14.4 Å². The SMILES string of the molecule is CC(=O)N1CCC(C(=O)NC23CCC(C(C)C(=O)OCc4ccccc4)(CC2)CC3)CC1. The molecule has 3 saturated carbocycles. The van der Waals surface area contributed by atoms with E-state index in [2.05, 4.69) is 5.32 Å². The Morgan fingerprint density at radius 1 is 1.03 bits per heavy atom. The van der Waals surface area contributed by atoms with E-state index in [-0.39, 0.29) is 40.6 Å². The van der Waals surface area contributed by atoms with E-state index >= 15 is 0 Å². The molecule has 174 valence electrons. The van der Waals surface area contributed by atoms with Crippen LogP contribution in [0.2, 0.25) is 0 Å². The third kappa shape index (κ3) is 4.69. The van der Waals surface area contributed by atoms with Gasteiger partial charge in [-0.2, -0.15) is 0 Å². The molecule has 0 aromatic heterocycles. The van der Waals surface area contributed by atoms with E-state index in [4.69, 9.17) is 4.74 Å². The molecule has 1 heterocycles. The van der Waals surface area contributed by atoms with E-state index in [0.29, 0.717) is 19.7 Å². The van der Waals surface area contributed by atoms with Crippen LogP contribution in [-0.4, -0.2) is 41.3 Å². The molecule has 6 nitrogen and oxygen atoms in total. The molecule has 1 aromatic carbocycles. The number of esters is 1. The second kappa shape index (κ2) is 9.24. The Labute approximate surface area is 191 Å². The van der Waals surface area contributed by atoms with E-state index in [1.807, 2.05) is 42.2 Å². The first-order valence-electron chi connectivity index (χ1n) is 12.1. The van der Waals surface area contributed by atoms with Crippen molar-refractivity contribution in [3.8, 4) is 0 Å². The third-order valence-corrected chi connectivity index (χ3v) is 8.50. The lowest BCUT2D eigenvalue weighted by Gasteiger charge is -2.55. The van der Waals surface area contributed by atoms with Crippen LogP contribution in [0.3, 0.4) is 0 Å². The van der Waals surface area contributed by atoms with Crippen LogP contribution in [0.5, 0.6) is 0 Å². The van der Waals surface area contributed by atoms with Gasteiger partial charge in [-0.15, -0.1) is 0 Å². The number of carbonyl (C=O) groups excluding carboxylic acids is 3. The standard InChI is InChI=1S/C26H36N2O4/c1-19(24(31)32-18-21-6-4-3-5-7-21)25-10-13-26(14-11-25,15-12-25)27-23(30)22-8-16-28(17-9-22)20(2)29/h3-7,19,22H,8-18H2,1-2H3,(H,27,30). The first-order chi connectivity index (χ1) is 15.3. The predicted octanol–water partition coefficient (Wildman–Crippen LogP) is 3.83. The largest absolute Gasteiger partial charge is 0.461 e. The average molecular weight is 441 g/mol. The zero-order chi connectivity index (χ0) is 22.8. The van der Waals surface area contributed by atoms with Crippen molar-refractivity contribution in [3.63, 3.8) is 0 Å². The molecule has 4 aliphatic rings. The second-order valence-electron chi connectivity index (χ2n) is 10.2. The predicted molar refractivity (Wildman–Crippen MR) is 121 cm³/mol. The summed E-state index contributed by atoms with van der Waals surface area (Å²) < 4.78 is 5.65. The Morgan fingerprint density at radius 3 is 2.19 bits per heavy atom. The Hall–Kier alpha value is -2.37. The molecule has 2 bridgehead atoms. The summed E-state index contributed by atoms with van der Waals surface area (Å²) in [5.41, 5.74) is 0.880. The minimum absolute atomic E-state index is 0.000438. The molecule has 6 heteroatoms. The Bertz CT molecular complexity index is 820. The number of fused-ring (bicyclic) bond motifs is 3. The maximum absolute atomic E-state index is 13.0. The molecule has 1 aliphatic heterocycles. The Balaban J connectivity index is 1.28. The van der Waals surface area contributed by atoms with Gasteiger partial charge in [-0.05, 0) is 62.3 Å². The molecule has 1 aromatic rings. The second-order valence-corrected chi connectivity index (χ2v) is 10.2. The number of piperidine rings is 1. The first-order valence-corrected chi connectivity index (χ1v) is 12.1. The maximum Gasteiger partial charge on any atom is 0.309 e. The van der Waals surface area contributed by atoms with Gasteiger partial charge in [0.1, 0.15) is 6.61 Å². The summed E-state index contributed by atoms with van der Waals surface area (Å²) in [6.07, 6.45) is 7.16. The summed E-state index contributed by atoms with van der Waals surface area (Å²) in [5, 5.41) is 3.41. The van der Waals surface area contributed by atoms with Crippen molar-refractivity contribution < 1.29 is 19.1 Å². The van der Waals surface area contributed by atoms with E-state index in [1.54, 1.807) is 6.92 Å². The zero-order valence-electron chi connectivity index (χ0n) is 19.4. The van der Waals surface area contributed by atoms with Crippen molar-refractivity contribution in [2.45, 2.75) is 77.4 Å². The molecule has 1 unspecified atom stereocenters. The van der Waals surface area contributed by atoms with Crippen molar-refractivity contribution in [2.75, 3.05) is 13.1 Å². The van der Waals surface area contributed by atoms with Crippen molar-refractivity contribution in [1.82, 2.24) is 10.2 Å². The lowest BCUT2D eigenvalue weighted by Crippen LogP contribution is -2.59. The summed E-state index contributed by atoms with van der Waals surface area (Å²) in [7, 11) is 0. The Kier molecular flexibility index (Phi) is 6.59. The van der Waals surface area contributed by atoms with Crippen LogP contribution in [0.4, 0.5) is 0 Å². The molecular formula is C26H36N2O4. The van der Waals surface area contributed by atoms with Gasteiger partial charge in [0.25, 0.3) is 0 Å². The van der Waals surface area contributed by atoms with Crippen LogP contribution < -0.4 is 5.32 Å². The summed E-state index contributed by atoms with van der Waals surface area (Å²) in [6, 6.07) is 9.80. The number of nitrogens with one attached hydrogen (secondary N) is 1. The molecule has 4 fully saturated rings.